The molecule has 2 N–H and O–H groups in total. The lowest BCUT2D eigenvalue weighted by Crippen LogP contribution is -2.23. The summed E-state index contributed by atoms with van der Waals surface area (Å²) in [6, 6.07) is 20.3. The van der Waals surface area contributed by atoms with Crippen LogP contribution in [-0.4, -0.2) is 17.1 Å². The van der Waals surface area contributed by atoms with Crippen molar-refractivity contribution in [2.24, 2.45) is 4.99 Å². The average molecular weight is 494 g/mol. The van der Waals surface area contributed by atoms with Crippen LogP contribution in [0.3, 0.4) is 0 Å². The molecular formula is C30H27N3O2S. The Morgan fingerprint density at radius 3 is 2.78 bits per heavy atom. The van der Waals surface area contributed by atoms with Crippen molar-refractivity contribution in [2.45, 2.75) is 39.2 Å². The van der Waals surface area contributed by atoms with Gasteiger partial charge in [0.05, 0.1) is 24.1 Å². The second kappa shape index (κ2) is 9.63. The van der Waals surface area contributed by atoms with Crippen molar-refractivity contribution in [1.82, 2.24) is 10.3 Å². The minimum Gasteiger partial charge on any atom is -0.467 e. The predicted molar refractivity (Wildman–Crippen MR) is 147 cm³/mol. The molecule has 5 nitrogen and oxygen atoms in total. The highest BCUT2D eigenvalue weighted by Crippen LogP contribution is 2.40. The molecule has 6 heteroatoms. The molecule has 0 radical (unpaired) electrons. The first-order chi connectivity index (χ1) is 17.7. The van der Waals surface area contributed by atoms with Gasteiger partial charge in [-0.3, -0.25) is 4.79 Å². The number of aliphatic imine (C=N–C) groups is 1. The zero-order chi connectivity index (χ0) is 24.5. The van der Waals surface area contributed by atoms with Gasteiger partial charge < -0.3 is 14.7 Å². The molecule has 36 heavy (non-hydrogen) atoms. The van der Waals surface area contributed by atoms with Crippen LogP contribution in [0.4, 0.5) is 5.00 Å². The number of thiophene rings is 1. The highest BCUT2D eigenvalue weighted by molar-refractivity contribution is 7.16. The number of nitrogens with one attached hydrogen (secondary N) is 2. The predicted octanol–water partition coefficient (Wildman–Crippen LogP) is 7.36. The maximum absolute atomic E-state index is 13.4. The SMILES string of the molecule is Cc1cccc2c(C=Nc3sc4c(c3C(=O)NCc3ccco3)CCCC4)c(-c3ccccc3)[nH]c12. The number of fused-ring (bicyclic) bond motifs is 2. The van der Waals surface area contributed by atoms with Gasteiger partial charge in [-0.1, -0.05) is 48.5 Å². The van der Waals surface area contributed by atoms with E-state index in [-0.39, 0.29) is 5.91 Å². The van der Waals surface area contributed by atoms with E-state index in [1.165, 1.54) is 10.4 Å². The van der Waals surface area contributed by atoms with E-state index in [4.69, 9.17) is 9.41 Å². The van der Waals surface area contributed by atoms with Gasteiger partial charge in [0.25, 0.3) is 5.91 Å². The lowest BCUT2D eigenvalue weighted by Gasteiger charge is -2.12. The lowest BCUT2D eigenvalue weighted by molar-refractivity contribution is 0.0948. The number of H-pyrrole nitrogens is 1. The van der Waals surface area contributed by atoms with Gasteiger partial charge in [-0.15, -0.1) is 11.3 Å². The summed E-state index contributed by atoms with van der Waals surface area (Å²) in [6.07, 6.45) is 7.75. The summed E-state index contributed by atoms with van der Waals surface area (Å²) >= 11 is 1.65. The molecule has 0 spiro atoms. The first-order valence-corrected chi connectivity index (χ1v) is 13.2. The van der Waals surface area contributed by atoms with Crippen LogP contribution < -0.4 is 5.32 Å². The Morgan fingerprint density at radius 2 is 1.94 bits per heavy atom. The van der Waals surface area contributed by atoms with E-state index in [1.54, 1.807) is 17.6 Å². The zero-order valence-electron chi connectivity index (χ0n) is 20.1. The molecule has 0 atom stereocenters. The molecule has 0 bridgehead atoms. The Morgan fingerprint density at radius 1 is 1.08 bits per heavy atom. The third-order valence-electron chi connectivity index (χ3n) is 6.84. The van der Waals surface area contributed by atoms with Crippen LogP contribution >= 0.6 is 11.3 Å². The molecule has 0 saturated carbocycles. The van der Waals surface area contributed by atoms with Gasteiger partial charge >= 0.3 is 0 Å². The minimum atomic E-state index is -0.0870. The van der Waals surface area contributed by atoms with Crippen molar-refractivity contribution in [3.8, 4) is 11.3 Å². The van der Waals surface area contributed by atoms with E-state index < -0.39 is 0 Å². The number of aromatic amines is 1. The van der Waals surface area contributed by atoms with Crippen LogP contribution in [-0.2, 0) is 19.4 Å². The molecule has 1 aliphatic carbocycles. The van der Waals surface area contributed by atoms with E-state index >= 15 is 0 Å². The van der Waals surface area contributed by atoms with Crippen LogP contribution in [0.15, 0.2) is 76.3 Å². The molecule has 180 valence electrons. The first kappa shape index (κ1) is 22.6. The smallest absolute Gasteiger partial charge is 0.255 e. The number of hydrogen-bond donors (Lipinski definition) is 2. The number of benzene rings is 2. The topological polar surface area (TPSA) is 70.4 Å². The van der Waals surface area contributed by atoms with Crippen LogP contribution in [0.1, 0.15) is 50.5 Å². The molecule has 0 aliphatic heterocycles. The Bertz CT molecular complexity index is 1560. The largest absolute Gasteiger partial charge is 0.467 e. The third-order valence-corrected chi connectivity index (χ3v) is 8.04. The molecule has 2 aromatic carbocycles. The number of amides is 1. The maximum atomic E-state index is 13.4. The third kappa shape index (κ3) is 4.18. The summed E-state index contributed by atoms with van der Waals surface area (Å²) in [5, 5.41) is 4.94. The number of rotatable bonds is 6. The molecule has 3 heterocycles. The van der Waals surface area contributed by atoms with E-state index in [2.05, 4.69) is 47.6 Å². The molecular weight excluding hydrogens is 466 g/mol. The molecule has 0 saturated heterocycles. The second-order valence-electron chi connectivity index (χ2n) is 9.19. The Kier molecular flexibility index (Phi) is 6.03. The van der Waals surface area contributed by atoms with E-state index in [0.29, 0.717) is 6.54 Å². The summed E-state index contributed by atoms with van der Waals surface area (Å²) in [7, 11) is 0. The van der Waals surface area contributed by atoms with Crippen molar-refractivity contribution >= 4 is 39.4 Å². The van der Waals surface area contributed by atoms with Gasteiger partial charge in [0.1, 0.15) is 10.8 Å². The van der Waals surface area contributed by atoms with Gasteiger partial charge in [0.2, 0.25) is 0 Å². The van der Waals surface area contributed by atoms with Gasteiger partial charge in [-0.25, -0.2) is 4.99 Å². The normalized spacial score (nSPS) is 13.4. The van der Waals surface area contributed by atoms with Crippen LogP contribution in [0.25, 0.3) is 22.2 Å². The quantitative estimate of drug-likeness (QED) is 0.243. The summed E-state index contributed by atoms with van der Waals surface area (Å²) in [5.74, 6) is 0.648. The molecule has 3 aromatic heterocycles. The Labute approximate surface area is 213 Å². The van der Waals surface area contributed by atoms with Crippen molar-refractivity contribution in [3.05, 3.63) is 99.8 Å². The lowest BCUT2D eigenvalue weighted by atomic mass is 9.95. The van der Waals surface area contributed by atoms with Gasteiger partial charge in [0.15, 0.2) is 0 Å². The fourth-order valence-corrected chi connectivity index (χ4v) is 6.25. The highest BCUT2D eigenvalue weighted by Gasteiger charge is 2.25. The van der Waals surface area contributed by atoms with Gasteiger partial charge in [-0.2, -0.15) is 0 Å². The number of aromatic nitrogens is 1. The van der Waals surface area contributed by atoms with Gasteiger partial charge in [-0.05, 0) is 61.4 Å². The number of aryl methyl sites for hydroxylation is 2. The number of nitrogens with zero attached hydrogens (tertiary/aromatic N) is 1. The first-order valence-electron chi connectivity index (χ1n) is 12.3. The summed E-state index contributed by atoms with van der Waals surface area (Å²) < 4.78 is 5.40. The van der Waals surface area contributed by atoms with Crippen molar-refractivity contribution in [2.75, 3.05) is 0 Å². The van der Waals surface area contributed by atoms with E-state index in [9.17, 15) is 4.79 Å². The summed E-state index contributed by atoms with van der Waals surface area (Å²) in [4.78, 5) is 23.3. The van der Waals surface area contributed by atoms with Crippen LogP contribution in [0.5, 0.6) is 0 Å². The standard InChI is InChI=1S/C30H27N3O2S/c1-19-9-7-14-22-24(28(33-27(19)22)20-10-3-2-4-11-20)18-32-30-26(23-13-5-6-15-25(23)36-30)29(34)31-17-21-12-8-16-35-21/h2-4,7-12,14,16,18,33H,5-6,13,15,17H2,1H3,(H,31,34). The summed E-state index contributed by atoms with van der Waals surface area (Å²) in [6.45, 7) is 2.48. The molecule has 1 aliphatic rings. The molecule has 6 rings (SSSR count). The maximum Gasteiger partial charge on any atom is 0.255 e. The second-order valence-corrected chi connectivity index (χ2v) is 10.3. The fourth-order valence-electron chi connectivity index (χ4n) is 5.02. The molecule has 5 aromatic rings. The van der Waals surface area contributed by atoms with Crippen molar-refractivity contribution in [3.63, 3.8) is 0 Å². The number of furan rings is 1. The molecule has 1 amide bonds. The number of carbonyl (C=O) groups excluding carboxylic acids is 1. The van der Waals surface area contributed by atoms with E-state index in [0.717, 1.165) is 75.3 Å². The Hall–Kier alpha value is -3.90. The van der Waals surface area contributed by atoms with Crippen LogP contribution in [0, 0.1) is 6.92 Å². The van der Waals surface area contributed by atoms with Crippen molar-refractivity contribution < 1.29 is 9.21 Å². The van der Waals surface area contributed by atoms with Crippen molar-refractivity contribution in [1.29, 1.82) is 0 Å². The number of para-hydroxylation sites is 1. The monoisotopic (exact) mass is 493 g/mol. The summed E-state index contributed by atoms with van der Waals surface area (Å²) in [5.41, 5.74) is 7.36. The molecule has 0 unspecified atom stereocenters. The molecule has 0 fully saturated rings. The fraction of sp³-hybridized carbons (Fsp3) is 0.200. The highest BCUT2D eigenvalue weighted by atomic mass is 32.1. The minimum absolute atomic E-state index is 0.0870. The van der Waals surface area contributed by atoms with Crippen LogP contribution in [0.2, 0.25) is 0 Å². The number of carbonyl (C=O) groups is 1. The van der Waals surface area contributed by atoms with E-state index in [1.807, 2.05) is 36.5 Å². The average Bonchev–Trinajstić information content (AvgIpc) is 3.64. The number of hydrogen-bond acceptors (Lipinski definition) is 4. The van der Waals surface area contributed by atoms with Gasteiger partial charge in [0, 0.05) is 27.6 Å². The zero-order valence-corrected chi connectivity index (χ0v) is 21.0. The Balaban J connectivity index is 1.42.